The number of hydrogen-bond acceptors (Lipinski definition) is 6. The monoisotopic (exact) mass is 603 g/mol. The third-order valence-corrected chi connectivity index (χ3v) is 9.24. The van der Waals surface area contributed by atoms with E-state index in [9.17, 15) is 18.3 Å². The average molecular weight is 604 g/mol. The number of rotatable bonds is 14. The summed E-state index contributed by atoms with van der Waals surface area (Å²) in [5, 5.41) is 13.5. The van der Waals surface area contributed by atoms with Gasteiger partial charge in [-0.3, -0.25) is 9.10 Å². The van der Waals surface area contributed by atoms with Gasteiger partial charge in [-0.15, -0.1) is 0 Å². The molecule has 228 valence electrons. The molecule has 1 saturated carbocycles. The number of aliphatic hydroxyl groups excluding tert-OH is 1. The minimum atomic E-state index is -3.61. The normalized spacial score (nSPS) is 14.1. The fraction of sp³-hybridized carbons (Fsp3) is 0.412. The van der Waals surface area contributed by atoms with Crippen molar-refractivity contribution in [3.63, 3.8) is 0 Å². The van der Waals surface area contributed by atoms with Crippen LogP contribution in [0.4, 0.5) is 5.82 Å². The second kappa shape index (κ2) is 13.3. The van der Waals surface area contributed by atoms with Crippen molar-refractivity contribution in [3.8, 4) is 11.3 Å². The maximum absolute atomic E-state index is 13.0. The van der Waals surface area contributed by atoms with Gasteiger partial charge in [0.05, 0.1) is 18.9 Å². The zero-order chi connectivity index (χ0) is 30.6. The lowest BCUT2D eigenvalue weighted by atomic mass is 10.0. The number of aromatic nitrogens is 1. The Labute approximate surface area is 254 Å². The third kappa shape index (κ3) is 7.64. The number of unbranched alkanes of at least 4 members (excludes halogenated alkanes) is 2. The Kier molecular flexibility index (Phi) is 9.52. The van der Waals surface area contributed by atoms with E-state index >= 15 is 0 Å². The van der Waals surface area contributed by atoms with Crippen molar-refractivity contribution in [2.24, 2.45) is 0 Å². The van der Waals surface area contributed by atoms with Crippen molar-refractivity contribution in [3.05, 3.63) is 82.9 Å². The van der Waals surface area contributed by atoms with Crippen LogP contribution in [0.3, 0.4) is 0 Å². The molecule has 2 heterocycles. The molecule has 1 amide bonds. The van der Waals surface area contributed by atoms with E-state index in [-0.39, 0.29) is 31.0 Å². The SMILES string of the molecule is Cc1ccc(-c2oc3nc(N(CCCCCC(=O)NC(CO)Cc4ccccc4)S(C)(=O)=O)c(C4CC4)cc3c2C)cc1. The van der Waals surface area contributed by atoms with Crippen LogP contribution in [-0.4, -0.2) is 49.9 Å². The Bertz CT molecular complexity index is 1660. The number of furan rings is 1. The number of nitrogens with zero attached hydrogens (tertiary/aromatic N) is 2. The lowest BCUT2D eigenvalue weighted by Gasteiger charge is -2.24. The number of aryl methyl sites for hydroxylation is 2. The van der Waals surface area contributed by atoms with Gasteiger partial charge in [0.25, 0.3) is 0 Å². The number of carbonyl (C=O) groups is 1. The van der Waals surface area contributed by atoms with Crippen LogP contribution < -0.4 is 9.62 Å². The number of benzene rings is 2. The van der Waals surface area contributed by atoms with Gasteiger partial charge in [-0.05, 0) is 69.1 Å². The highest BCUT2D eigenvalue weighted by Crippen LogP contribution is 2.46. The average Bonchev–Trinajstić information content (AvgIpc) is 3.78. The van der Waals surface area contributed by atoms with E-state index in [4.69, 9.17) is 9.40 Å². The largest absolute Gasteiger partial charge is 0.437 e. The minimum absolute atomic E-state index is 0.115. The van der Waals surface area contributed by atoms with Gasteiger partial charge in [0.15, 0.2) is 0 Å². The van der Waals surface area contributed by atoms with Crippen LogP contribution in [-0.2, 0) is 21.2 Å². The Morgan fingerprint density at radius 1 is 1.07 bits per heavy atom. The molecular weight excluding hydrogens is 562 g/mol. The molecule has 0 saturated heterocycles. The molecule has 8 nitrogen and oxygen atoms in total. The highest BCUT2D eigenvalue weighted by atomic mass is 32.2. The van der Waals surface area contributed by atoms with Gasteiger partial charge in [-0.1, -0.05) is 66.6 Å². The molecule has 1 fully saturated rings. The minimum Gasteiger partial charge on any atom is -0.437 e. The summed E-state index contributed by atoms with van der Waals surface area (Å²) in [6.45, 7) is 4.20. The number of sulfonamides is 1. The molecule has 9 heteroatoms. The molecule has 1 aliphatic carbocycles. The van der Waals surface area contributed by atoms with Gasteiger partial charge in [-0.2, -0.15) is 4.98 Å². The van der Waals surface area contributed by atoms with Crippen molar-refractivity contribution in [2.75, 3.05) is 23.7 Å². The number of aliphatic hydroxyl groups is 1. The summed E-state index contributed by atoms with van der Waals surface area (Å²) in [5.41, 5.74) is 5.56. The summed E-state index contributed by atoms with van der Waals surface area (Å²) in [5.74, 6) is 1.37. The molecular formula is C34H41N3O5S. The van der Waals surface area contributed by atoms with Crippen molar-refractivity contribution in [1.29, 1.82) is 0 Å². The fourth-order valence-electron chi connectivity index (χ4n) is 5.53. The maximum Gasteiger partial charge on any atom is 0.233 e. The van der Waals surface area contributed by atoms with Crippen molar-refractivity contribution >= 4 is 32.8 Å². The maximum atomic E-state index is 13.0. The van der Waals surface area contributed by atoms with Crippen LogP contribution >= 0.6 is 0 Å². The summed E-state index contributed by atoms with van der Waals surface area (Å²) >= 11 is 0. The van der Waals surface area contributed by atoms with Gasteiger partial charge in [0.1, 0.15) is 11.6 Å². The summed E-state index contributed by atoms with van der Waals surface area (Å²) in [6, 6.07) is 19.6. The third-order valence-electron chi connectivity index (χ3n) is 8.08. The molecule has 2 N–H and O–H groups in total. The van der Waals surface area contributed by atoms with Crippen LogP contribution in [0.1, 0.15) is 66.7 Å². The van der Waals surface area contributed by atoms with E-state index in [1.807, 2.05) is 68.4 Å². The van der Waals surface area contributed by atoms with Gasteiger partial charge < -0.3 is 14.8 Å². The number of amides is 1. The topological polar surface area (TPSA) is 113 Å². The fourth-order valence-corrected chi connectivity index (χ4v) is 6.45. The van der Waals surface area contributed by atoms with E-state index in [0.717, 1.165) is 51.8 Å². The van der Waals surface area contributed by atoms with Crippen LogP contribution in [0.5, 0.6) is 0 Å². The first-order valence-corrected chi connectivity index (χ1v) is 16.9. The van der Waals surface area contributed by atoms with Crippen molar-refractivity contribution < 1.29 is 22.7 Å². The van der Waals surface area contributed by atoms with E-state index < -0.39 is 10.0 Å². The number of hydrogen-bond donors (Lipinski definition) is 2. The summed E-state index contributed by atoms with van der Waals surface area (Å²) in [4.78, 5) is 17.4. The standard InChI is InChI=1S/C34H41N3O5S/c1-23-13-15-27(16-14-23)32-24(2)29-21-30(26-17-18-26)33(36-34(29)42-32)37(43(3,40)41)19-9-5-8-12-31(39)35-28(22-38)20-25-10-6-4-7-11-25/h4,6-7,10-11,13-16,21,26,28,38H,5,8-9,12,17-20,22H2,1-3H3,(H,35,39). The smallest absolute Gasteiger partial charge is 0.233 e. The first-order valence-electron chi connectivity index (χ1n) is 15.1. The first-order chi connectivity index (χ1) is 20.6. The zero-order valence-electron chi connectivity index (χ0n) is 25.2. The Hall–Kier alpha value is -3.69. The van der Waals surface area contributed by atoms with Crippen LogP contribution in [0.2, 0.25) is 0 Å². The molecule has 0 bridgehead atoms. The van der Waals surface area contributed by atoms with Gasteiger partial charge >= 0.3 is 0 Å². The molecule has 1 unspecified atom stereocenters. The molecule has 2 aromatic carbocycles. The molecule has 1 aliphatic rings. The molecule has 0 aliphatic heterocycles. The predicted molar refractivity (Wildman–Crippen MR) is 171 cm³/mol. The van der Waals surface area contributed by atoms with Crippen molar-refractivity contribution in [2.45, 2.75) is 70.8 Å². The zero-order valence-corrected chi connectivity index (χ0v) is 26.0. The quantitative estimate of drug-likeness (QED) is 0.170. The molecule has 5 rings (SSSR count). The predicted octanol–water partition coefficient (Wildman–Crippen LogP) is 6.04. The number of anilines is 1. The van der Waals surface area contributed by atoms with Crippen LogP contribution in [0.15, 0.2) is 65.1 Å². The van der Waals surface area contributed by atoms with E-state index in [2.05, 4.69) is 11.4 Å². The van der Waals surface area contributed by atoms with Gasteiger partial charge in [-0.25, -0.2) is 8.42 Å². The highest BCUT2D eigenvalue weighted by Gasteiger charge is 2.33. The van der Waals surface area contributed by atoms with Crippen LogP contribution in [0.25, 0.3) is 22.4 Å². The lowest BCUT2D eigenvalue weighted by Crippen LogP contribution is -2.39. The second-order valence-electron chi connectivity index (χ2n) is 11.7. The van der Waals surface area contributed by atoms with E-state index in [1.54, 1.807) is 0 Å². The molecule has 43 heavy (non-hydrogen) atoms. The lowest BCUT2D eigenvalue weighted by molar-refractivity contribution is -0.122. The summed E-state index contributed by atoms with van der Waals surface area (Å²) in [6.07, 6.45) is 6.00. The van der Waals surface area contributed by atoms with E-state index in [1.165, 1.54) is 10.6 Å². The Morgan fingerprint density at radius 2 is 1.79 bits per heavy atom. The molecule has 1 atom stereocenters. The van der Waals surface area contributed by atoms with Gasteiger partial charge in [0.2, 0.25) is 21.6 Å². The molecule has 2 aromatic heterocycles. The second-order valence-corrected chi connectivity index (χ2v) is 13.6. The van der Waals surface area contributed by atoms with Gasteiger partial charge in [0, 0.05) is 29.5 Å². The molecule has 0 spiro atoms. The molecule has 0 radical (unpaired) electrons. The number of carbonyl (C=O) groups excluding carboxylic acids is 1. The highest BCUT2D eigenvalue weighted by molar-refractivity contribution is 7.92. The number of fused-ring (bicyclic) bond motifs is 1. The van der Waals surface area contributed by atoms with Crippen molar-refractivity contribution in [1.82, 2.24) is 10.3 Å². The first kappa shape index (κ1) is 30.8. The molecule has 4 aromatic rings. The number of pyridine rings is 1. The van der Waals surface area contributed by atoms with Crippen LogP contribution in [0, 0.1) is 13.8 Å². The van der Waals surface area contributed by atoms with E-state index in [0.29, 0.717) is 43.6 Å². The summed E-state index contributed by atoms with van der Waals surface area (Å²) in [7, 11) is -3.61. The Balaban J connectivity index is 1.25. The Morgan fingerprint density at radius 3 is 2.44 bits per heavy atom. The summed E-state index contributed by atoms with van der Waals surface area (Å²) < 4.78 is 33.7. The number of nitrogens with one attached hydrogen (secondary N) is 1.